The third-order valence-electron chi connectivity index (χ3n) is 3.54. The van der Waals surface area contributed by atoms with Gasteiger partial charge in [0.05, 0.1) is 11.1 Å². The third kappa shape index (κ3) is 1.87. The number of benzene rings is 1. The summed E-state index contributed by atoms with van der Waals surface area (Å²) in [5, 5.41) is 2.07. The normalized spacial score (nSPS) is 21.6. The van der Waals surface area contributed by atoms with Crippen molar-refractivity contribution < 1.29 is 23.6 Å². The van der Waals surface area contributed by atoms with E-state index >= 15 is 0 Å². The summed E-state index contributed by atoms with van der Waals surface area (Å²) in [5.74, 6) is -3.45. The number of carbonyl (C=O) groups is 4. The van der Waals surface area contributed by atoms with Gasteiger partial charge in [0.1, 0.15) is 11.9 Å². The van der Waals surface area contributed by atoms with Gasteiger partial charge >= 0.3 is 0 Å². The van der Waals surface area contributed by atoms with Crippen LogP contribution in [0.5, 0.6) is 0 Å². The summed E-state index contributed by atoms with van der Waals surface area (Å²) >= 11 is 0. The van der Waals surface area contributed by atoms with Gasteiger partial charge in [-0.15, -0.1) is 0 Å². The molecule has 1 fully saturated rings. The second kappa shape index (κ2) is 4.37. The lowest BCUT2D eigenvalue weighted by Gasteiger charge is -2.27. The number of hydrogen-bond donors (Lipinski definition) is 2. The van der Waals surface area contributed by atoms with Crippen LogP contribution in [0.2, 0.25) is 0 Å². The fourth-order valence-electron chi connectivity index (χ4n) is 2.59. The van der Waals surface area contributed by atoms with Crippen molar-refractivity contribution in [3.8, 4) is 0 Å². The Morgan fingerprint density at radius 3 is 2.57 bits per heavy atom. The molecule has 0 spiro atoms. The van der Waals surface area contributed by atoms with Crippen LogP contribution in [-0.4, -0.2) is 34.6 Å². The molecule has 0 bridgehead atoms. The van der Waals surface area contributed by atoms with E-state index in [1.54, 1.807) is 0 Å². The number of nitrogens with two attached hydrogens (primary N) is 1. The number of halogens is 1. The molecule has 4 amide bonds. The van der Waals surface area contributed by atoms with Crippen LogP contribution >= 0.6 is 0 Å². The van der Waals surface area contributed by atoms with Crippen molar-refractivity contribution in [3.05, 3.63) is 29.1 Å². The first-order chi connectivity index (χ1) is 9.90. The van der Waals surface area contributed by atoms with E-state index in [9.17, 15) is 23.6 Å². The average Bonchev–Trinajstić information content (AvgIpc) is 2.63. The van der Waals surface area contributed by atoms with Gasteiger partial charge in [-0.1, -0.05) is 0 Å². The van der Waals surface area contributed by atoms with E-state index in [0.29, 0.717) is 0 Å². The molecule has 0 radical (unpaired) electrons. The zero-order chi connectivity index (χ0) is 15.3. The van der Waals surface area contributed by atoms with Crippen LogP contribution in [0.25, 0.3) is 0 Å². The Morgan fingerprint density at radius 1 is 1.19 bits per heavy atom. The summed E-state index contributed by atoms with van der Waals surface area (Å²) in [5.41, 5.74) is 5.15. The quantitative estimate of drug-likeness (QED) is 0.550. The van der Waals surface area contributed by atoms with Crippen LogP contribution in [0.15, 0.2) is 12.1 Å². The summed E-state index contributed by atoms with van der Waals surface area (Å²) in [6, 6.07) is 0.771. The molecule has 0 aromatic heterocycles. The lowest BCUT2D eigenvalue weighted by atomic mass is 10.0. The fraction of sp³-hybridized carbons (Fsp3) is 0.231. The van der Waals surface area contributed by atoms with E-state index in [4.69, 9.17) is 5.73 Å². The Kier molecular flexibility index (Phi) is 2.75. The summed E-state index contributed by atoms with van der Waals surface area (Å²) in [4.78, 5) is 48.2. The van der Waals surface area contributed by atoms with Gasteiger partial charge in [-0.05, 0) is 18.6 Å². The smallest absolute Gasteiger partial charge is 0.264 e. The molecule has 21 heavy (non-hydrogen) atoms. The minimum absolute atomic E-state index is 0.0215. The van der Waals surface area contributed by atoms with Gasteiger partial charge in [0.15, 0.2) is 0 Å². The van der Waals surface area contributed by atoms with E-state index in [2.05, 4.69) is 5.32 Å². The Labute approximate surface area is 117 Å². The number of rotatable bonds is 1. The minimum Gasteiger partial charge on any atom is -0.398 e. The van der Waals surface area contributed by atoms with Gasteiger partial charge in [-0.25, -0.2) is 4.39 Å². The number of nitrogens with zero attached hydrogens (tertiary/aromatic N) is 1. The summed E-state index contributed by atoms with van der Waals surface area (Å²) < 4.78 is 13.3. The first kappa shape index (κ1) is 13.2. The lowest BCUT2D eigenvalue weighted by molar-refractivity contribution is -0.136. The Balaban J connectivity index is 2.02. The van der Waals surface area contributed by atoms with Crippen LogP contribution in [0.4, 0.5) is 10.1 Å². The van der Waals surface area contributed by atoms with Gasteiger partial charge in [-0.3, -0.25) is 29.4 Å². The van der Waals surface area contributed by atoms with Gasteiger partial charge < -0.3 is 5.73 Å². The standard InChI is InChI=1S/C13H10FN3O4/c14-5-3-6-10(7(15)4-5)13(21)17(12(6)20)8-1-2-9(18)16-11(8)19/h3-4,8H,1-2,15H2,(H,16,18,19). The molecule has 1 aromatic rings. The molecule has 0 aliphatic carbocycles. The molecular formula is C13H10FN3O4. The molecule has 1 saturated heterocycles. The molecule has 3 rings (SSSR count). The highest BCUT2D eigenvalue weighted by atomic mass is 19.1. The van der Waals surface area contributed by atoms with E-state index in [-0.39, 0.29) is 29.7 Å². The second-order valence-corrected chi connectivity index (χ2v) is 4.86. The van der Waals surface area contributed by atoms with Crippen molar-refractivity contribution in [1.82, 2.24) is 10.2 Å². The van der Waals surface area contributed by atoms with Crippen molar-refractivity contribution in [2.75, 3.05) is 5.73 Å². The molecule has 1 aromatic carbocycles. The molecule has 2 heterocycles. The highest BCUT2D eigenvalue weighted by molar-refractivity contribution is 6.25. The van der Waals surface area contributed by atoms with Crippen molar-refractivity contribution in [3.63, 3.8) is 0 Å². The van der Waals surface area contributed by atoms with E-state index in [0.717, 1.165) is 17.0 Å². The molecule has 1 atom stereocenters. The van der Waals surface area contributed by atoms with E-state index in [1.165, 1.54) is 0 Å². The number of hydrogen-bond acceptors (Lipinski definition) is 5. The number of fused-ring (bicyclic) bond motifs is 1. The first-order valence-electron chi connectivity index (χ1n) is 6.20. The highest BCUT2D eigenvalue weighted by Crippen LogP contribution is 2.31. The number of nitrogens with one attached hydrogen (secondary N) is 1. The number of carbonyl (C=O) groups excluding carboxylic acids is 4. The lowest BCUT2D eigenvalue weighted by Crippen LogP contribution is -2.54. The summed E-state index contributed by atoms with van der Waals surface area (Å²) in [6.45, 7) is 0. The molecule has 108 valence electrons. The van der Waals surface area contributed by atoms with Crippen LogP contribution in [0.3, 0.4) is 0 Å². The number of anilines is 1. The maximum atomic E-state index is 13.3. The predicted molar refractivity (Wildman–Crippen MR) is 67.5 cm³/mol. The number of imide groups is 2. The molecule has 0 saturated carbocycles. The maximum absolute atomic E-state index is 13.3. The topological polar surface area (TPSA) is 110 Å². The predicted octanol–water partition coefficient (Wildman–Crippen LogP) is -0.191. The second-order valence-electron chi connectivity index (χ2n) is 4.86. The SMILES string of the molecule is Nc1cc(F)cc2c1C(=O)N(C1CCC(=O)NC1=O)C2=O. The zero-order valence-electron chi connectivity index (χ0n) is 10.7. The minimum atomic E-state index is -1.09. The molecule has 8 heteroatoms. The number of amides is 4. The molecule has 7 nitrogen and oxygen atoms in total. The Morgan fingerprint density at radius 2 is 1.90 bits per heavy atom. The van der Waals surface area contributed by atoms with Crippen LogP contribution in [-0.2, 0) is 9.59 Å². The van der Waals surface area contributed by atoms with Crippen LogP contribution in [0, 0.1) is 5.82 Å². The molecule has 2 aliphatic rings. The molecular weight excluding hydrogens is 281 g/mol. The summed E-state index contributed by atoms with van der Waals surface area (Å²) in [7, 11) is 0. The Hall–Kier alpha value is -2.77. The fourth-order valence-corrected chi connectivity index (χ4v) is 2.59. The van der Waals surface area contributed by atoms with Crippen molar-refractivity contribution in [2.45, 2.75) is 18.9 Å². The first-order valence-corrected chi connectivity index (χ1v) is 6.20. The van der Waals surface area contributed by atoms with Crippen molar-refractivity contribution in [1.29, 1.82) is 0 Å². The van der Waals surface area contributed by atoms with Gasteiger partial charge in [0, 0.05) is 12.1 Å². The largest absolute Gasteiger partial charge is 0.398 e. The monoisotopic (exact) mass is 291 g/mol. The third-order valence-corrected chi connectivity index (χ3v) is 3.54. The summed E-state index contributed by atoms with van der Waals surface area (Å²) in [6.07, 6.45) is 0.0617. The number of nitrogen functional groups attached to an aromatic ring is 1. The maximum Gasteiger partial charge on any atom is 0.264 e. The van der Waals surface area contributed by atoms with Gasteiger partial charge in [0.2, 0.25) is 11.8 Å². The average molecular weight is 291 g/mol. The van der Waals surface area contributed by atoms with Gasteiger partial charge in [-0.2, -0.15) is 0 Å². The van der Waals surface area contributed by atoms with Gasteiger partial charge in [0.25, 0.3) is 11.8 Å². The van der Waals surface area contributed by atoms with Crippen molar-refractivity contribution >= 4 is 29.3 Å². The van der Waals surface area contributed by atoms with E-state index in [1.807, 2.05) is 0 Å². The molecule has 1 unspecified atom stereocenters. The Bertz CT molecular complexity index is 716. The van der Waals surface area contributed by atoms with Crippen LogP contribution in [0.1, 0.15) is 33.6 Å². The van der Waals surface area contributed by atoms with Crippen molar-refractivity contribution in [2.24, 2.45) is 0 Å². The number of piperidine rings is 1. The molecule has 2 aliphatic heterocycles. The van der Waals surface area contributed by atoms with E-state index < -0.39 is 35.5 Å². The zero-order valence-corrected chi connectivity index (χ0v) is 10.7. The molecule has 3 N–H and O–H groups in total. The van der Waals surface area contributed by atoms with Crippen LogP contribution < -0.4 is 11.1 Å². The highest BCUT2D eigenvalue weighted by Gasteiger charge is 2.45.